The molecule has 0 amide bonds. The number of carbonyl (C=O) groups excluding carboxylic acids is 2. The van der Waals surface area contributed by atoms with Crippen LogP contribution in [0.15, 0.2) is 36.5 Å². The number of ether oxygens (including phenoxy) is 2. The highest BCUT2D eigenvalue weighted by molar-refractivity contribution is 7.47. The molecule has 52 heavy (non-hydrogen) atoms. The van der Waals surface area contributed by atoms with E-state index in [4.69, 9.17) is 18.5 Å². The first-order chi connectivity index (χ1) is 24.9. The quantitative estimate of drug-likeness (QED) is 0.0219. The lowest BCUT2D eigenvalue weighted by Gasteiger charge is -2.41. The molecular formula is C38H67O13P. The molecule has 0 spiro atoms. The minimum atomic E-state index is -5.11. The van der Waals surface area contributed by atoms with Crippen LogP contribution in [0.25, 0.3) is 0 Å². The summed E-state index contributed by atoms with van der Waals surface area (Å²) < 4.78 is 33.3. The number of phosphoric ester groups is 1. The molecule has 0 aromatic rings. The Morgan fingerprint density at radius 1 is 0.615 bits per heavy atom. The van der Waals surface area contributed by atoms with Crippen LogP contribution in [-0.4, -0.2) is 98.3 Å². The van der Waals surface area contributed by atoms with Crippen molar-refractivity contribution in [2.24, 2.45) is 0 Å². The topological polar surface area (TPSA) is 210 Å². The average Bonchev–Trinajstić information content (AvgIpc) is 3.12. The summed E-state index contributed by atoms with van der Waals surface area (Å²) >= 11 is 0. The zero-order valence-electron chi connectivity index (χ0n) is 31.3. The smallest absolute Gasteiger partial charge is 0.462 e. The first-order valence-corrected chi connectivity index (χ1v) is 20.8. The summed E-state index contributed by atoms with van der Waals surface area (Å²) in [7, 11) is -5.11. The van der Waals surface area contributed by atoms with Gasteiger partial charge in [-0.15, -0.1) is 0 Å². The van der Waals surface area contributed by atoms with E-state index in [-0.39, 0.29) is 12.8 Å². The number of unbranched alkanes of at least 4 members (excludes halogenated alkanes) is 14. The van der Waals surface area contributed by atoms with E-state index in [1.807, 2.05) is 24.3 Å². The Morgan fingerprint density at radius 3 is 1.65 bits per heavy atom. The Bertz CT molecular complexity index is 1070. The van der Waals surface area contributed by atoms with Crippen molar-refractivity contribution in [3.05, 3.63) is 36.5 Å². The van der Waals surface area contributed by atoms with Gasteiger partial charge in [-0.3, -0.25) is 18.6 Å². The van der Waals surface area contributed by atoms with E-state index in [1.54, 1.807) is 0 Å². The van der Waals surface area contributed by atoms with Crippen molar-refractivity contribution in [2.45, 2.75) is 179 Å². The molecule has 0 aromatic heterocycles. The Kier molecular flexibility index (Phi) is 27.2. The molecule has 0 heterocycles. The van der Waals surface area contributed by atoms with Crippen LogP contribution in [0.3, 0.4) is 0 Å². The van der Waals surface area contributed by atoms with Crippen molar-refractivity contribution in [3.8, 4) is 0 Å². The molecule has 13 nitrogen and oxygen atoms in total. The van der Waals surface area contributed by atoms with Gasteiger partial charge in [0.1, 0.15) is 43.2 Å². The van der Waals surface area contributed by atoms with Crippen LogP contribution < -0.4 is 0 Å². The van der Waals surface area contributed by atoms with E-state index in [0.29, 0.717) is 12.8 Å². The minimum Gasteiger partial charge on any atom is -0.462 e. The van der Waals surface area contributed by atoms with Gasteiger partial charge < -0.3 is 39.9 Å². The van der Waals surface area contributed by atoms with Gasteiger partial charge in [-0.1, -0.05) is 127 Å². The summed E-state index contributed by atoms with van der Waals surface area (Å²) in [6.45, 7) is 3.09. The number of phosphoric acid groups is 1. The van der Waals surface area contributed by atoms with Crippen molar-refractivity contribution in [1.29, 1.82) is 0 Å². The van der Waals surface area contributed by atoms with Crippen molar-refractivity contribution in [2.75, 3.05) is 13.2 Å². The van der Waals surface area contributed by atoms with Crippen LogP contribution in [0.5, 0.6) is 0 Å². The summed E-state index contributed by atoms with van der Waals surface area (Å²) in [5, 5.41) is 49.9. The van der Waals surface area contributed by atoms with Gasteiger partial charge in [0.2, 0.25) is 0 Å². The predicted molar refractivity (Wildman–Crippen MR) is 198 cm³/mol. The van der Waals surface area contributed by atoms with E-state index in [0.717, 1.165) is 57.8 Å². The maximum absolute atomic E-state index is 12.7. The van der Waals surface area contributed by atoms with Crippen LogP contribution in [-0.2, 0) is 32.7 Å². The Balaban J connectivity index is 2.57. The van der Waals surface area contributed by atoms with E-state index in [2.05, 4.69) is 26.0 Å². The highest BCUT2D eigenvalue weighted by atomic mass is 31.2. The second-order valence-corrected chi connectivity index (χ2v) is 14.9. The van der Waals surface area contributed by atoms with E-state index < -0.39 is 75.7 Å². The summed E-state index contributed by atoms with van der Waals surface area (Å²) in [5.41, 5.74) is 0. The summed E-state index contributed by atoms with van der Waals surface area (Å²) in [5.74, 6) is -1.13. The van der Waals surface area contributed by atoms with Gasteiger partial charge in [-0.2, -0.15) is 0 Å². The molecule has 0 aromatic carbocycles. The van der Waals surface area contributed by atoms with Crippen LogP contribution in [0.1, 0.15) is 136 Å². The summed E-state index contributed by atoms with van der Waals surface area (Å²) in [6, 6.07) is 0. The number of aliphatic hydroxyl groups is 5. The fourth-order valence-electron chi connectivity index (χ4n) is 5.64. The third kappa shape index (κ3) is 22.3. The highest BCUT2D eigenvalue weighted by Gasteiger charge is 2.51. The van der Waals surface area contributed by atoms with Gasteiger partial charge in [0.15, 0.2) is 6.10 Å². The standard InChI is InChI=1S/C38H67O13P/c1-3-5-7-9-11-13-15-16-17-19-21-23-25-27-32(40)50-30(28-48-31(39)26-24-22-20-18-14-12-10-8-6-4-2)29-49-52(46,47)51-38-36(44)34(42)33(41)35(43)37(38)45/h5,7,9,11,13,15,30,33-38,41-45H,3-4,6,8,10,12,14,16-29H2,1-2H3,(H,46,47)/b7-5+,11-9+,15-13+/t30?,33?,34-,35?,36?,37?,38?/m1/s1. The number of esters is 2. The molecule has 0 saturated heterocycles. The molecule has 0 aliphatic heterocycles. The Labute approximate surface area is 310 Å². The molecule has 1 rings (SSSR count). The van der Waals surface area contributed by atoms with Crippen LogP contribution >= 0.6 is 7.82 Å². The average molecular weight is 763 g/mol. The molecule has 0 bridgehead atoms. The fraction of sp³-hybridized carbons (Fsp3) is 0.789. The second kappa shape index (κ2) is 29.4. The second-order valence-electron chi connectivity index (χ2n) is 13.5. The van der Waals surface area contributed by atoms with Gasteiger partial charge in [0.25, 0.3) is 0 Å². The highest BCUT2D eigenvalue weighted by Crippen LogP contribution is 2.47. The number of allylic oxidation sites excluding steroid dienone is 6. The molecule has 6 N–H and O–H groups in total. The Hall–Kier alpha value is -1.93. The maximum atomic E-state index is 12.7. The Morgan fingerprint density at radius 2 is 1.10 bits per heavy atom. The largest absolute Gasteiger partial charge is 0.472 e. The molecule has 302 valence electrons. The number of rotatable bonds is 30. The van der Waals surface area contributed by atoms with Gasteiger partial charge in [-0.05, 0) is 32.1 Å². The van der Waals surface area contributed by atoms with Gasteiger partial charge in [0.05, 0.1) is 6.61 Å². The lowest BCUT2D eigenvalue weighted by Crippen LogP contribution is -2.64. The van der Waals surface area contributed by atoms with Crippen molar-refractivity contribution < 1.29 is 63.1 Å². The predicted octanol–water partition coefficient (Wildman–Crippen LogP) is 5.88. The number of carbonyl (C=O) groups is 2. The number of hydrogen-bond acceptors (Lipinski definition) is 12. The molecule has 1 aliphatic carbocycles. The maximum Gasteiger partial charge on any atom is 0.472 e. The normalized spacial score (nSPS) is 24.1. The van der Waals surface area contributed by atoms with Crippen molar-refractivity contribution in [1.82, 2.24) is 0 Å². The molecule has 1 aliphatic rings. The molecular weight excluding hydrogens is 695 g/mol. The lowest BCUT2D eigenvalue weighted by atomic mass is 9.85. The molecule has 1 fully saturated rings. The van der Waals surface area contributed by atoms with E-state index in [9.17, 15) is 44.6 Å². The first kappa shape index (κ1) is 48.1. The summed E-state index contributed by atoms with van der Waals surface area (Å²) in [6.07, 6.45) is 16.6. The van der Waals surface area contributed by atoms with Crippen molar-refractivity contribution in [3.63, 3.8) is 0 Å². The van der Waals surface area contributed by atoms with Gasteiger partial charge in [0, 0.05) is 12.8 Å². The first-order valence-electron chi connectivity index (χ1n) is 19.3. The molecule has 7 unspecified atom stereocenters. The third-order valence-electron chi connectivity index (χ3n) is 8.81. The number of hydrogen-bond donors (Lipinski definition) is 6. The molecule has 1 saturated carbocycles. The number of aliphatic hydroxyl groups excluding tert-OH is 5. The van der Waals surface area contributed by atoms with Crippen LogP contribution in [0, 0.1) is 0 Å². The monoisotopic (exact) mass is 762 g/mol. The molecule has 0 radical (unpaired) electrons. The lowest BCUT2D eigenvalue weighted by molar-refractivity contribution is -0.220. The van der Waals surface area contributed by atoms with Crippen LogP contribution in [0.2, 0.25) is 0 Å². The van der Waals surface area contributed by atoms with E-state index in [1.165, 1.54) is 38.5 Å². The zero-order chi connectivity index (χ0) is 38.6. The van der Waals surface area contributed by atoms with Crippen LogP contribution in [0.4, 0.5) is 0 Å². The van der Waals surface area contributed by atoms with Crippen molar-refractivity contribution >= 4 is 19.8 Å². The SMILES string of the molecule is CC/C=C/C=C/C=C/CCCCCCCC(=O)OC(COC(=O)CCCCCCCCCCCC)COP(=O)(O)OC1C(O)C(O)C(O)[C@@H](O)C1O. The minimum absolute atomic E-state index is 0.0743. The van der Waals surface area contributed by atoms with Gasteiger partial charge in [-0.25, -0.2) is 4.57 Å². The zero-order valence-corrected chi connectivity index (χ0v) is 32.2. The molecule has 8 atom stereocenters. The van der Waals surface area contributed by atoms with E-state index >= 15 is 0 Å². The van der Waals surface area contributed by atoms with Gasteiger partial charge >= 0.3 is 19.8 Å². The molecule has 14 heteroatoms. The third-order valence-corrected chi connectivity index (χ3v) is 9.79. The fourth-order valence-corrected chi connectivity index (χ4v) is 6.61. The summed E-state index contributed by atoms with van der Waals surface area (Å²) in [4.78, 5) is 35.4.